The molecule has 0 aromatic carbocycles. The van der Waals surface area contributed by atoms with Crippen molar-refractivity contribution in [3.63, 3.8) is 0 Å². The van der Waals surface area contributed by atoms with Crippen LogP contribution in [0.2, 0.25) is 0 Å². The summed E-state index contributed by atoms with van der Waals surface area (Å²) in [7, 11) is 0. The molecule has 5 nitrogen and oxygen atoms in total. The Morgan fingerprint density at radius 2 is 1.97 bits per heavy atom. The lowest BCUT2D eigenvalue weighted by atomic mass is 9.86. The Hall–Kier alpha value is -1.50. The van der Waals surface area contributed by atoms with E-state index < -0.39 is 12.2 Å². The number of aliphatic hydroxyl groups excluding tert-OH is 2. The van der Waals surface area contributed by atoms with Crippen LogP contribution in [0.5, 0.6) is 0 Å². The lowest BCUT2D eigenvalue weighted by molar-refractivity contribution is -0.269. The first-order valence-corrected chi connectivity index (χ1v) is 13.8. The van der Waals surface area contributed by atoms with Crippen LogP contribution in [-0.2, 0) is 9.62 Å². The zero-order valence-electron chi connectivity index (χ0n) is 23.1. The molecule has 5 heteroatoms. The van der Waals surface area contributed by atoms with Gasteiger partial charge in [0.05, 0.1) is 24.9 Å². The number of aliphatic hydroxyl groups is 2. The molecule has 36 heavy (non-hydrogen) atoms. The molecular weight excluding hydrogens is 452 g/mol. The van der Waals surface area contributed by atoms with Crippen molar-refractivity contribution in [1.82, 2.24) is 0 Å². The molecule has 3 N–H and O–H groups in total. The molecule has 0 fully saturated rings. The van der Waals surface area contributed by atoms with Gasteiger partial charge in [0.15, 0.2) is 0 Å². The molecule has 0 aromatic rings. The van der Waals surface area contributed by atoms with Gasteiger partial charge in [-0.3, -0.25) is 5.26 Å². The summed E-state index contributed by atoms with van der Waals surface area (Å²) in [5.41, 5.74) is 2.27. The molecule has 0 aromatic heterocycles. The number of hydrogen-bond donors (Lipinski definition) is 3. The quantitative estimate of drug-likeness (QED) is 0.0986. The van der Waals surface area contributed by atoms with Crippen molar-refractivity contribution in [2.75, 3.05) is 6.61 Å². The highest BCUT2D eigenvalue weighted by atomic mass is 17.1. The third-order valence-electron chi connectivity index (χ3n) is 6.99. The van der Waals surface area contributed by atoms with E-state index in [4.69, 9.17) is 9.99 Å². The summed E-state index contributed by atoms with van der Waals surface area (Å²) in [6, 6.07) is 0. The first-order valence-electron chi connectivity index (χ1n) is 13.8. The molecule has 0 heterocycles. The molecule has 1 aliphatic carbocycles. The van der Waals surface area contributed by atoms with E-state index in [-0.39, 0.29) is 24.0 Å². The molecule has 0 saturated heterocycles. The van der Waals surface area contributed by atoms with Crippen molar-refractivity contribution < 1.29 is 25.1 Å². The molecule has 1 aliphatic rings. The van der Waals surface area contributed by atoms with Gasteiger partial charge in [0.1, 0.15) is 6.10 Å². The van der Waals surface area contributed by atoms with E-state index in [1.807, 2.05) is 38.2 Å². The second kappa shape index (κ2) is 18.7. The molecule has 1 rings (SSSR count). The molecule has 0 amide bonds. The molecule has 0 radical (unpaired) electrons. The van der Waals surface area contributed by atoms with Crippen LogP contribution in [0.25, 0.3) is 0 Å². The monoisotopic (exact) mass is 504 g/mol. The van der Waals surface area contributed by atoms with E-state index in [9.17, 15) is 10.2 Å². The van der Waals surface area contributed by atoms with Crippen molar-refractivity contribution in [3.8, 4) is 0 Å². The van der Waals surface area contributed by atoms with Gasteiger partial charge in [-0.2, -0.15) is 0 Å². The van der Waals surface area contributed by atoms with Crippen LogP contribution in [0.3, 0.4) is 0 Å². The Bertz CT molecular complexity index is 710. The number of ether oxygens (including phenoxy) is 1. The highest BCUT2D eigenvalue weighted by molar-refractivity contribution is 5.12. The fourth-order valence-electron chi connectivity index (χ4n) is 5.20. The van der Waals surface area contributed by atoms with Gasteiger partial charge in [-0.25, -0.2) is 4.89 Å². The normalized spacial score (nSPS) is 22.8. The molecular formula is C31H52O5. The molecule has 7 atom stereocenters. The fourth-order valence-corrected chi connectivity index (χ4v) is 5.20. The predicted octanol–water partition coefficient (Wildman–Crippen LogP) is 7.19. The number of hydrogen-bond acceptors (Lipinski definition) is 5. The average Bonchev–Trinajstić information content (AvgIpc) is 2.83. The van der Waals surface area contributed by atoms with E-state index in [2.05, 4.69) is 38.0 Å². The number of allylic oxidation sites excluding steroid dienone is 3. The Morgan fingerprint density at radius 1 is 1.22 bits per heavy atom. The van der Waals surface area contributed by atoms with Gasteiger partial charge in [-0.05, 0) is 77.0 Å². The van der Waals surface area contributed by atoms with Crippen molar-refractivity contribution in [1.29, 1.82) is 0 Å². The maximum atomic E-state index is 10.8. The number of rotatable bonds is 19. The standard InChI is InChI=1S/C31H52O5/c1-7-11-27(31(33)15-14-26-18-25(6)21-30(22-26)36-34)12-10-13-28(32)19-23(4)17-24(5)20-29(9-3)35-16-8-2/h7-8,11,14-15,21,24,26-34H,2,4,9-10,12-13,16-20,22H2,1,3,5-6H3/b11-7-,15-14+. The molecule has 0 bridgehead atoms. The SMILES string of the molecule is C=CCOC(CC)CC(C)CC(=C)CC(O)CCCC(/C=C\C)C(O)/C=C/C1CC(C)=CC(OO)C1. The van der Waals surface area contributed by atoms with Crippen LogP contribution in [-0.4, -0.2) is 46.5 Å². The average molecular weight is 505 g/mol. The summed E-state index contributed by atoms with van der Waals surface area (Å²) < 4.78 is 5.81. The summed E-state index contributed by atoms with van der Waals surface area (Å²) in [6.07, 6.45) is 18.1. The molecule has 7 unspecified atom stereocenters. The fraction of sp³-hybridized carbons (Fsp3) is 0.677. The van der Waals surface area contributed by atoms with Gasteiger partial charge in [0.25, 0.3) is 0 Å². The zero-order valence-corrected chi connectivity index (χ0v) is 23.1. The summed E-state index contributed by atoms with van der Waals surface area (Å²) in [5, 5.41) is 30.4. The highest BCUT2D eigenvalue weighted by Crippen LogP contribution is 2.28. The lowest BCUT2D eigenvalue weighted by Gasteiger charge is -2.24. The Kier molecular flexibility index (Phi) is 16.9. The van der Waals surface area contributed by atoms with E-state index in [1.54, 1.807) is 6.08 Å². The molecule has 0 saturated carbocycles. The van der Waals surface area contributed by atoms with E-state index in [0.717, 1.165) is 44.1 Å². The van der Waals surface area contributed by atoms with E-state index >= 15 is 0 Å². The van der Waals surface area contributed by atoms with Crippen LogP contribution in [0.4, 0.5) is 0 Å². The summed E-state index contributed by atoms with van der Waals surface area (Å²) in [4.78, 5) is 4.52. The minimum Gasteiger partial charge on any atom is -0.393 e. The summed E-state index contributed by atoms with van der Waals surface area (Å²) >= 11 is 0. The smallest absolute Gasteiger partial charge is 0.112 e. The van der Waals surface area contributed by atoms with Gasteiger partial charge in [0, 0.05) is 5.92 Å². The third kappa shape index (κ3) is 13.7. The van der Waals surface area contributed by atoms with Gasteiger partial charge < -0.3 is 14.9 Å². The first kappa shape index (κ1) is 32.5. The van der Waals surface area contributed by atoms with Crippen molar-refractivity contribution in [2.45, 2.75) is 110 Å². The first-order chi connectivity index (χ1) is 17.2. The van der Waals surface area contributed by atoms with Crippen molar-refractivity contribution in [3.05, 3.63) is 60.8 Å². The Balaban J connectivity index is 2.43. The largest absolute Gasteiger partial charge is 0.393 e. The predicted molar refractivity (Wildman–Crippen MR) is 150 cm³/mol. The second-order valence-corrected chi connectivity index (χ2v) is 10.7. The minimum atomic E-state index is -0.580. The highest BCUT2D eigenvalue weighted by Gasteiger charge is 2.21. The van der Waals surface area contributed by atoms with Gasteiger partial charge in [-0.15, -0.1) is 6.58 Å². The maximum Gasteiger partial charge on any atom is 0.112 e. The summed E-state index contributed by atoms with van der Waals surface area (Å²) in [6.45, 7) is 16.9. The summed E-state index contributed by atoms with van der Waals surface area (Å²) in [5.74, 6) is 0.709. The van der Waals surface area contributed by atoms with Gasteiger partial charge >= 0.3 is 0 Å². The zero-order chi connectivity index (χ0) is 26.9. The van der Waals surface area contributed by atoms with Gasteiger partial charge in [-0.1, -0.05) is 74.4 Å². The van der Waals surface area contributed by atoms with Crippen molar-refractivity contribution in [2.24, 2.45) is 17.8 Å². The van der Waals surface area contributed by atoms with Crippen LogP contribution in [0, 0.1) is 17.8 Å². The maximum absolute atomic E-state index is 10.8. The van der Waals surface area contributed by atoms with Crippen LogP contribution >= 0.6 is 0 Å². The van der Waals surface area contributed by atoms with Crippen LogP contribution in [0.1, 0.15) is 85.5 Å². The molecule has 0 spiro atoms. The second-order valence-electron chi connectivity index (χ2n) is 10.7. The van der Waals surface area contributed by atoms with Crippen LogP contribution in [0.15, 0.2) is 60.8 Å². The van der Waals surface area contributed by atoms with Crippen LogP contribution < -0.4 is 0 Å². The topological polar surface area (TPSA) is 79.2 Å². The minimum absolute atomic E-state index is 0.00772. The van der Waals surface area contributed by atoms with Crippen molar-refractivity contribution >= 4 is 0 Å². The Labute approximate surface area is 220 Å². The Morgan fingerprint density at radius 3 is 2.61 bits per heavy atom. The van der Waals surface area contributed by atoms with E-state index in [1.165, 1.54) is 5.57 Å². The molecule has 0 aliphatic heterocycles. The van der Waals surface area contributed by atoms with Gasteiger partial charge in [0.2, 0.25) is 0 Å². The third-order valence-corrected chi connectivity index (χ3v) is 6.99. The molecule has 206 valence electrons. The van der Waals surface area contributed by atoms with E-state index in [0.29, 0.717) is 31.8 Å². The lowest BCUT2D eigenvalue weighted by Crippen LogP contribution is -2.20.